The smallest absolute Gasteiger partial charge is 0.257 e. The van der Waals surface area contributed by atoms with Crippen molar-refractivity contribution in [2.24, 2.45) is 0 Å². The minimum Gasteiger partial charge on any atom is -0.494 e. The van der Waals surface area contributed by atoms with Crippen LogP contribution in [0.5, 0.6) is 5.75 Å². The fourth-order valence-corrected chi connectivity index (χ4v) is 3.11. The van der Waals surface area contributed by atoms with Crippen LogP contribution in [0.2, 0.25) is 0 Å². The number of ether oxygens (including phenoxy) is 1. The van der Waals surface area contributed by atoms with E-state index < -0.39 is 0 Å². The lowest BCUT2D eigenvalue weighted by atomic mass is 10.2. The lowest BCUT2D eigenvalue weighted by Gasteiger charge is -2.05. The van der Waals surface area contributed by atoms with E-state index in [9.17, 15) is 4.79 Å². The highest BCUT2D eigenvalue weighted by atomic mass is 32.1. The number of nitrogens with one attached hydrogen (secondary N) is 1. The summed E-state index contributed by atoms with van der Waals surface area (Å²) in [7, 11) is 0. The molecule has 0 saturated heterocycles. The monoisotopic (exact) mass is 312 g/mol. The quantitative estimate of drug-likeness (QED) is 0.783. The summed E-state index contributed by atoms with van der Waals surface area (Å²) >= 11 is 1.47. The standard InChI is InChI=1S/C17H16N2O2S/c1-3-21-13-6-4-5-12(10-13)16(20)19-17-18-14-8-7-11(2)9-15(14)22-17/h4-10H,3H2,1-2H3,(H,18,19,20). The second-order valence-corrected chi connectivity index (χ2v) is 5.94. The van der Waals surface area contributed by atoms with Gasteiger partial charge in [-0.15, -0.1) is 0 Å². The van der Waals surface area contributed by atoms with Gasteiger partial charge in [0.05, 0.1) is 16.8 Å². The van der Waals surface area contributed by atoms with Crippen LogP contribution in [0, 0.1) is 6.92 Å². The number of rotatable bonds is 4. The lowest BCUT2D eigenvalue weighted by Crippen LogP contribution is -2.11. The number of aryl methyl sites for hydroxylation is 1. The molecule has 0 aliphatic rings. The molecule has 0 spiro atoms. The van der Waals surface area contributed by atoms with Crippen LogP contribution < -0.4 is 10.1 Å². The summed E-state index contributed by atoms with van der Waals surface area (Å²) in [5.41, 5.74) is 2.63. The summed E-state index contributed by atoms with van der Waals surface area (Å²) in [6, 6.07) is 13.2. The maximum Gasteiger partial charge on any atom is 0.257 e. The highest BCUT2D eigenvalue weighted by Gasteiger charge is 2.10. The molecule has 1 N–H and O–H groups in total. The van der Waals surface area contributed by atoms with Gasteiger partial charge in [0.1, 0.15) is 5.75 Å². The van der Waals surface area contributed by atoms with Gasteiger partial charge in [-0.25, -0.2) is 4.98 Å². The topological polar surface area (TPSA) is 51.2 Å². The molecule has 1 aromatic heterocycles. The Bertz CT molecular complexity index is 826. The third-order valence-corrected chi connectivity index (χ3v) is 4.11. The maximum absolute atomic E-state index is 12.3. The normalized spacial score (nSPS) is 10.6. The van der Waals surface area contributed by atoms with Crippen LogP contribution in [-0.4, -0.2) is 17.5 Å². The first kappa shape index (κ1) is 14.5. The third kappa shape index (κ3) is 3.09. The molecule has 0 unspecified atom stereocenters. The van der Waals surface area contributed by atoms with Crippen molar-refractivity contribution in [2.75, 3.05) is 11.9 Å². The van der Waals surface area contributed by atoms with E-state index in [1.807, 2.05) is 38.1 Å². The first-order chi connectivity index (χ1) is 10.7. The molecule has 0 fully saturated rings. The molecule has 0 atom stereocenters. The van der Waals surface area contributed by atoms with Crippen molar-refractivity contribution in [3.8, 4) is 5.75 Å². The molecule has 3 aromatic rings. The number of hydrogen-bond acceptors (Lipinski definition) is 4. The van der Waals surface area contributed by atoms with Gasteiger partial charge in [0.15, 0.2) is 5.13 Å². The molecular weight excluding hydrogens is 296 g/mol. The number of thiazole rings is 1. The van der Waals surface area contributed by atoms with Crippen LogP contribution in [0.15, 0.2) is 42.5 Å². The molecule has 1 heterocycles. The fraction of sp³-hybridized carbons (Fsp3) is 0.176. The minimum atomic E-state index is -0.183. The second kappa shape index (κ2) is 6.15. The van der Waals surface area contributed by atoms with Crippen molar-refractivity contribution in [2.45, 2.75) is 13.8 Å². The Morgan fingerprint density at radius 1 is 1.27 bits per heavy atom. The molecule has 2 aromatic carbocycles. The van der Waals surface area contributed by atoms with Gasteiger partial charge < -0.3 is 4.74 Å². The number of carbonyl (C=O) groups excluding carboxylic acids is 1. The summed E-state index contributed by atoms with van der Waals surface area (Å²) in [4.78, 5) is 16.7. The Morgan fingerprint density at radius 2 is 2.14 bits per heavy atom. The summed E-state index contributed by atoms with van der Waals surface area (Å²) in [6.45, 7) is 4.52. The molecule has 1 amide bonds. The van der Waals surface area contributed by atoms with Gasteiger partial charge in [-0.05, 0) is 49.7 Å². The minimum absolute atomic E-state index is 0.183. The van der Waals surface area contributed by atoms with Gasteiger partial charge in [-0.1, -0.05) is 23.5 Å². The number of carbonyl (C=O) groups is 1. The van der Waals surface area contributed by atoms with E-state index in [0.717, 1.165) is 10.2 Å². The van der Waals surface area contributed by atoms with E-state index in [4.69, 9.17) is 4.74 Å². The molecule has 0 bridgehead atoms. The molecule has 5 heteroatoms. The number of fused-ring (bicyclic) bond motifs is 1. The van der Waals surface area contributed by atoms with E-state index >= 15 is 0 Å². The summed E-state index contributed by atoms with van der Waals surface area (Å²) in [6.07, 6.45) is 0. The largest absolute Gasteiger partial charge is 0.494 e. The molecule has 4 nitrogen and oxygen atoms in total. The zero-order valence-corrected chi connectivity index (χ0v) is 13.2. The van der Waals surface area contributed by atoms with Crippen molar-refractivity contribution in [3.63, 3.8) is 0 Å². The van der Waals surface area contributed by atoms with Gasteiger partial charge in [0.2, 0.25) is 0 Å². The molecule has 3 rings (SSSR count). The Morgan fingerprint density at radius 3 is 2.95 bits per heavy atom. The molecular formula is C17H16N2O2S. The molecule has 0 aliphatic carbocycles. The SMILES string of the molecule is CCOc1cccc(C(=O)Nc2nc3ccc(C)cc3s2)c1. The van der Waals surface area contributed by atoms with E-state index in [0.29, 0.717) is 23.1 Å². The van der Waals surface area contributed by atoms with E-state index in [-0.39, 0.29) is 5.91 Å². The summed E-state index contributed by atoms with van der Waals surface area (Å²) in [5, 5.41) is 3.45. The Kier molecular flexibility index (Phi) is 4.06. The fourth-order valence-electron chi connectivity index (χ4n) is 2.15. The van der Waals surface area contributed by atoms with Crippen molar-refractivity contribution in [1.29, 1.82) is 0 Å². The van der Waals surface area contributed by atoms with Crippen LogP contribution in [0.25, 0.3) is 10.2 Å². The highest BCUT2D eigenvalue weighted by Crippen LogP contribution is 2.27. The molecule has 0 radical (unpaired) electrons. The Labute approximate surface area is 132 Å². The van der Waals surface area contributed by atoms with E-state index in [1.165, 1.54) is 16.9 Å². The van der Waals surface area contributed by atoms with Gasteiger partial charge in [-0.2, -0.15) is 0 Å². The Hall–Kier alpha value is -2.40. The predicted octanol–water partition coefficient (Wildman–Crippen LogP) is 4.26. The first-order valence-corrected chi connectivity index (χ1v) is 7.89. The van der Waals surface area contributed by atoms with Gasteiger partial charge in [-0.3, -0.25) is 10.1 Å². The van der Waals surface area contributed by atoms with Gasteiger partial charge in [0.25, 0.3) is 5.91 Å². The number of benzene rings is 2. The van der Waals surface area contributed by atoms with Crippen molar-refractivity contribution in [1.82, 2.24) is 4.98 Å². The molecule has 0 saturated carbocycles. The first-order valence-electron chi connectivity index (χ1n) is 7.07. The zero-order chi connectivity index (χ0) is 15.5. The number of aromatic nitrogens is 1. The molecule has 22 heavy (non-hydrogen) atoms. The average molecular weight is 312 g/mol. The number of anilines is 1. The van der Waals surface area contributed by atoms with Gasteiger partial charge >= 0.3 is 0 Å². The predicted molar refractivity (Wildman–Crippen MR) is 89.9 cm³/mol. The number of hydrogen-bond donors (Lipinski definition) is 1. The zero-order valence-electron chi connectivity index (χ0n) is 12.4. The number of amides is 1. The highest BCUT2D eigenvalue weighted by molar-refractivity contribution is 7.22. The van der Waals surface area contributed by atoms with Crippen molar-refractivity contribution in [3.05, 3.63) is 53.6 Å². The van der Waals surface area contributed by atoms with Crippen LogP contribution in [0.3, 0.4) is 0 Å². The Balaban J connectivity index is 1.81. The van der Waals surface area contributed by atoms with Crippen LogP contribution >= 0.6 is 11.3 Å². The molecule has 112 valence electrons. The van der Waals surface area contributed by atoms with Crippen LogP contribution in [0.1, 0.15) is 22.8 Å². The van der Waals surface area contributed by atoms with Crippen LogP contribution in [-0.2, 0) is 0 Å². The van der Waals surface area contributed by atoms with Crippen LogP contribution in [0.4, 0.5) is 5.13 Å². The average Bonchev–Trinajstić information content (AvgIpc) is 2.89. The maximum atomic E-state index is 12.3. The molecule has 0 aliphatic heterocycles. The second-order valence-electron chi connectivity index (χ2n) is 4.91. The van der Waals surface area contributed by atoms with Gasteiger partial charge in [0, 0.05) is 5.56 Å². The van der Waals surface area contributed by atoms with E-state index in [2.05, 4.69) is 16.4 Å². The van der Waals surface area contributed by atoms with Crippen molar-refractivity contribution >= 4 is 32.6 Å². The number of nitrogens with zero attached hydrogens (tertiary/aromatic N) is 1. The third-order valence-electron chi connectivity index (χ3n) is 3.17. The van der Waals surface area contributed by atoms with E-state index in [1.54, 1.807) is 12.1 Å². The summed E-state index contributed by atoms with van der Waals surface area (Å²) < 4.78 is 6.48. The van der Waals surface area contributed by atoms with Crippen molar-refractivity contribution < 1.29 is 9.53 Å². The summed E-state index contributed by atoms with van der Waals surface area (Å²) in [5.74, 6) is 0.507. The lowest BCUT2D eigenvalue weighted by molar-refractivity contribution is 0.102.